The van der Waals surface area contributed by atoms with Gasteiger partial charge in [0.2, 0.25) is 0 Å². The highest BCUT2D eigenvalue weighted by molar-refractivity contribution is 5.06. The minimum absolute atomic E-state index is 0.0906. The Balaban J connectivity index is 2.30. The van der Waals surface area contributed by atoms with Crippen LogP contribution in [-0.4, -0.2) is 26.9 Å². The van der Waals surface area contributed by atoms with Crippen molar-refractivity contribution >= 4 is 0 Å². The topological polar surface area (TPSA) is 43.6 Å². The Labute approximate surface area is 90.6 Å². The Morgan fingerprint density at radius 1 is 1.40 bits per heavy atom. The first-order valence-corrected chi connectivity index (χ1v) is 5.09. The average molecular weight is 213 g/mol. The fourth-order valence-electron chi connectivity index (χ4n) is 1.28. The van der Waals surface area contributed by atoms with Crippen molar-refractivity contribution in [1.29, 1.82) is 0 Å². The first-order chi connectivity index (χ1) is 7.26. The molecule has 0 saturated heterocycles. The molecule has 0 radical (unpaired) electrons. The SMILES string of the molecule is CNCc1ccc(COC(C)COC)o1. The van der Waals surface area contributed by atoms with E-state index in [1.807, 2.05) is 26.1 Å². The van der Waals surface area contributed by atoms with Crippen LogP contribution in [0.2, 0.25) is 0 Å². The number of nitrogens with one attached hydrogen (secondary N) is 1. The summed E-state index contributed by atoms with van der Waals surface area (Å²) in [7, 11) is 3.55. The Hall–Kier alpha value is -0.840. The monoisotopic (exact) mass is 213 g/mol. The van der Waals surface area contributed by atoms with E-state index in [2.05, 4.69) is 5.32 Å². The summed E-state index contributed by atoms with van der Waals surface area (Å²) >= 11 is 0. The van der Waals surface area contributed by atoms with E-state index in [0.717, 1.165) is 18.1 Å². The lowest BCUT2D eigenvalue weighted by Crippen LogP contribution is -2.14. The maximum atomic E-state index is 5.52. The van der Waals surface area contributed by atoms with E-state index in [9.17, 15) is 0 Å². The number of hydrogen-bond donors (Lipinski definition) is 1. The van der Waals surface area contributed by atoms with Crippen molar-refractivity contribution in [2.24, 2.45) is 0 Å². The molecule has 1 atom stereocenters. The highest BCUT2D eigenvalue weighted by Gasteiger charge is 2.05. The van der Waals surface area contributed by atoms with Crippen LogP contribution in [-0.2, 0) is 22.6 Å². The molecule has 4 nitrogen and oxygen atoms in total. The first kappa shape index (κ1) is 12.2. The molecule has 1 unspecified atom stereocenters. The second kappa shape index (κ2) is 6.61. The smallest absolute Gasteiger partial charge is 0.129 e. The van der Waals surface area contributed by atoms with Crippen molar-refractivity contribution in [2.75, 3.05) is 20.8 Å². The zero-order valence-corrected chi connectivity index (χ0v) is 9.58. The van der Waals surface area contributed by atoms with Crippen molar-refractivity contribution in [3.8, 4) is 0 Å². The second-order valence-electron chi connectivity index (χ2n) is 3.48. The van der Waals surface area contributed by atoms with Crippen LogP contribution >= 0.6 is 0 Å². The molecule has 86 valence electrons. The molecular weight excluding hydrogens is 194 g/mol. The van der Waals surface area contributed by atoms with Gasteiger partial charge < -0.3 is 19.2 Å². The Morgan fingerprint density at radius 3 is 2.80 bits per heavy atom. The molecule has 0 fully saturated rings. The molecule has 0 aliphatic rings. The molecule has 1 aromatic rings. The van der Waals surface area contributed by atoms with E-state index in [1.54, 1.807) is 7.11 Å². The molecule has 0 amide bonds. The van der Waals surface area contributed by atoms with Crippen molar-refractivity contribution in [3.05, 3.63) is 23.7 Å². The van der Waals surface area contributed by atoms with Gasteiger partial charge in [-0.05, 0) is 26.1 Å². The van der Waals surface area contributed by atoms with Gasteiger partial charge in [0.1, 0.15) is 18.1 Å². The molecule has 0 aliphatic carbocycles. The number of methoxy groups -OCH3 is 1. The van der Waals surface area contributed by atoms with E-state index < -0.39 is 0 Å². The van der Waals surface area contributed by atoms with Crippen molar-refractivity contribution in [2.45, 2.75) is 26.2 Å². The number of ether oxygens (including phenoxy) is 2. The average Bonchev–Trinajstić information content (AvgIpc) is 2.64. The molecule has 1 heterocycles. The van der Waals surface area contributed by atoms with Crippen LogP contribution < -0.4 is 5.32 Å². The zero-order chi connectivity index (χ0) is 11.1. The predicted molar refractivity (Wildman–Crippen MR) is 57.6 cm³/mol. The molecule has 0 saturated carbocycles. The third-order valence-electron chi connectivity index (χ3n) is 1.98. The van der Waals surface area contributed by atoms with E-state index >= 15 is 0 Å². The van der Waals surface area contributed by atoms with E-state index in [0.29, 0.717) is 13.2 Å². The molecule has 0 aliphatic heterocycles. The number of furan rings is 1. The summed E-state index contributed by atoms with van der Waals surface area (Å²) in [5.41, 5.74) is 0. The van der Waals surface area contributed by atoms with Crippen molar-refractivity contribution < 1.29 is 13.9 Å². The van der Waals surface area contributed by atoms with Gasteiger partial charge in [0.25, 0.3) is 0 Å². The van der Waals surface area contributed by atoms with Gasteiger partial charge in [-0.15, -0.1) is 0 Å². The maximum Gasteiger partial charge on any atom is 0.129 e. The van der Waals surface area contributed by atoms with Crippen LogP contribution in [0.5, 0.6) is 0 Å². The lowest BCUT2D eigenvalue weighted by atomic mass is 10.4. The predicted octanol–water partition coefficient (Wildman–Crippen LogP) is 1.55. The normalized spacial score (nSPS) is 13.0. The Kier molecular flexibility index (Phi) is 5.39. The third-order valence-corrected chi connectivity index (χ3v) is 1.98. The van der Waals surface area contributed by atoms with Gasteiger partial charge in [0, 0.05) is 7.11 Å². The quantitative estimate of drug-likeness (QED) is 0.746. The van der Waals surface area contributed by atoms with Crippen LogP contribution in [0.1, 0.15) is 18.4 Å². The van der Waals surface area contributed by atoms with Gasteiger partial charge in [-0.1, -0.05) is 0 Å². The number of rotatable bonds is 7. The van der Waals surface area contributed by atoms with Crippen molar-refractivity contribution in [3.63, 3.8) is 0 Å². The van der Waals surface area contributed by atoms with Crippen LogP contribution in [0.15, 0.2) is 16.5 Å². The second-order valence-corrected chi connectivity index (χ2v) is 3.48. The molecule has 1 N–H and O–H groups in total. The minimum Gasteiger partial charge on any atom is -0.462 e. The lowest BCUT2D eigenvalue weighted by molar-refractivity contribution is -0.00664. The lowest BCUT2D eigenvalue weighted by Gasteiger charge is -2.10. The van der Waals surface area contributed by atoms with Gasteiger partial charge >= 0.3 is 0 Å². The summed E-state index contributed by atoms with van der Waals surface area (Å²) in [6, 6.07) is 3.89. The fourth-order valence-corrected chi connectivity index (χ4v) is 1.28. The van der Waals surface area contributed by atoms with E-state index in [4.69, 9.17) is 13.9 Å². The number of hydrogen-bond acceptors (Lipinski definition) is 4. The Bertz CT molecular complexity index is 273. The van der Waals surface area contributed by atoms with E-state index in [-0.39, 0.29) is 6.10 Å². The maximum absolute atomic E-state index is 5.52. The van der Waals surface area contributed by atoms with Crippen molar-refractivity contribution in [1.82, 2.24) is 5.32 Å². The van der Waals surface area contributed by atoms with Crippen LogP contribution in [0.3, 0.4) is 0 Å². The van der Waals surface area contributed by atoms with Gasteiger partial charge in [0.05, 0.1) is 19.3 Å². The van der Waals surface area contributed by atoms with Crippen LogP contribution in [0.4, 0.5) is 0 Å². The summed E-state index contributed by atoms with van der Waals surface area (Å²) in [6.07, 6.45) is 0.0906. The van der Waals surface area contributed by atoms with Gasteiger partial charge in [-0.3, -0.25) is 0 Å². The van der Waals surface area contributed by atoms with Gasteiger partial charge in [0.15, 0.2) is 0 Å². The van der Waals surface area contributed by atoms with E-state index in [1.165, 1.54) is 0 Å². The highest BCUT2D eigenvalue weighted by Crippen LogP contribution is 2.09. The summed E-state index contributed by atoms with van der Waals surface area (Å²) in [5, 5.41) is 3.03. The summed E-state index contributed by atoms with van der Waals surface area (Å²) in [4.78, 5) is 0. The molecular formula is C11H19NO3. The fraction of sp³-hybridized carbons (Fsp3) is 0.636. The largest absolute Gasteiger partial charge is 0.462 e. The van der Waals surface area contributed by atoms with Crippen LogP contribution in [0, 0.1) is 0 Å². The molecule has 4 heteroatoms. The summed E-state index contributed by atoms with van der Waals surface area (Å²) < 4.78 is 16.0. The first-order valence-electron chi connectivity index (χ1n) is 5.09. The summed E-state index contributed by atoms with van der Waals surface area (Å²) in [6.45, 7) is 3.81. The molecule has 0 spiro atoms. The van der Waals surface area contributed by atoms with Gasteiger partial charge in [-0.2, -0.15) is 0 Å². The molecule has 1 aromatic heterocycles. The Morgan fingerprint density at radius 2 is 2.13 bits per heavy atom. The van der Waals surface area contributed by atoms with Gasteiger partial charge in [-0.25, -0.2) is 0 Å². The zero-order valence-electron chi connectivity index (χ0n) is 9.58. The molecule has 15 heavy (non-hydrogen) atoms. The standard InChI is InChI=1S/C11H19NO3/c1-9(7-13-3)14-8-11-5-4-10(15-11)6-12-2/h4-5,9,12H,6-8H2,1-3H3. The highest BCUT2D eigenvalue weighted by atomic mass is 16.5. The molecule has 1 rings (SSSR count). The summed E-state index contributed by atoms with van der Waals surface area (Å²) in [5.74, 6) is 1.78. The molecule has 0 bridgehead atoms. The molecule has 0 aromatic carbocycles. The minimum atomic E-state index is 0.0906. The third kappa shape index (κ3) is 4.46. The van der Waals surface area contributed by atoms with Crippen LogP contribution in [0.25, 0.3) is 0 Å².